The Labute approximate surface area is 133 Å². The van der Waals surface area contributed by atoms with Gasteiger partial charge in [0.15, 0.2) is 0 Å². The van der Waals surface area contributed by atoms with Crippen LogP contribution in [0.1, 0.15) is 16.7 Å². The summed E-state index contributed by atoms with van der Waals surface area (Å²) in [5, 5.41) is 0. The molecular weight excluding hydrogens is 352 g/mol. The van der Waals surface area contributed by atoms with Gasteiger partial charge in [-0.3, -0.25) is 4.72 Å². The van der Waals surface area contributed by atoms with E-state index in [4.69, 9.17) is 5.73 Å². The van der Waals surface area contributed by atoms with E-state index in [1.165, 1.54) is 0 Å². The first-order chi connectivity index (χ1) is 9.70. The van der Waals surface area contributed by atoms with E-state index < -0.39 is 10.0 Å². The van der Waals surface area contributed by atoms with Crippen LogP contribution in [0.25, 0.3) is 0 Å². The van der Waals surface area contributed by atoms with Crippen LogP contribution in [-0.2, 0) is 10.0 Å². The average Bonchev–Trinajstić information content (AvgIpc) is 2.37. The van der Waals surface area contributed by atoms with E-state index in [0.717, 1.165) is 15.6 Å². The zero-order valence-corrected chi connectivity index (χ0v) is 14.5. The summed E-state index contributed by atoms with van der Waals surface area (Å²) in [6, 6.07) is 8.84. The molecule has 4 nitrogen and oxygen atoms in total. The first-order valence-corrected chi connectivity index (χ1v) is 8.64. The summed E-state index contributed by atoms with van der Waals surface area (Å²) in [5.41, 5.74) is 9.10. The summed E-state index contributed by atoms with van der Waals surface area (Å²) in [7, 11) is -3.68. The van der Waals surface area contributed by atoms with Crippen molar-refractivity contribution in [3.05, 3.63) is 51.5 Å². The monoisotopic (exact) mass is 368 g/mol. The number of aryl methyl sites for hydroxylation is 2. The normalized spacial score (nSPS) is 11.4. The molecule has 21 heavy (non-hydrogen) atoms. The lowest BCUT2D eigenvalue weighted by Gasteiger charge is -2.14. The first kappa shape index (κ1) is 15.9. The van der Waals surface area contributed by atoms with Gasteiger partial charge in [-0.25, -0.2) is 8.42 Å². The van der Waals surface area contributed by atoms with Crippen LogP contribution < -0.4 is 10.5 Å². The number of anilines is 2. The minimum Gasteiger partial charge on any atom is -0.398 e. The highest BCUT2D eigenvalue weighted by Gasteiger charge is 2.19. The van der Waals surface area contributed by atoms with E-state index in [1.54, 1.807) is 25.1 Å². The SMILES string of the molecule is Cc1cc(N)c(C)c(S(=O)(=O)Nc2cc(Br)ccc2C)c1. The second-order valence-electron chi connectivity index (χ2n) is 5.04. The topological polar surface area (TPSA) is 72.2 Å². The standard InChI is InChI=1S/C15H17BrN2O2S/c1-9-6-13(17)11(3)15(7-9)21(19,20)18-14-8-12(16)5-4-10(14)2/h4-8,18H,17H2,1-3H3. The Morgan fingerprint density at radius 1 is 1.10 bits per heavy atom. The fraction of sp³-hybridized carbons (Fsp3) is 0.200. The molecular formula is C15H17BrN2O2S. The van der Waals surface area contributed by atoms with E-state index in [0.29, 0.717) is 16.9 Å². The van der Waals surface area contributed by atoms with Gasteiger partial charge >= 0.3 is 0 Å². The summed E-state index contributed by atoms with van der Waals surface area (Å²) in [6.45, 7) is 5.37. The minimum atomic E-state index is -3.68. The van der Waals surface area contributed by atoms with E-state index >= 15 is 0 Å². The maximum Gasteiger partial charge on any atom is 0.262 e. The van der Waals surface area contributed by atoms with Crippen molar-refractivity contribution in [3.8, 4) is 0 Å². The number of nitrogens with two attached hydrogens (primary N) is 1. The Morgan fingerprint density at radius 2 is 1.76 bits per heavy atom. The van der Waals surface area contributed by atoms with Crippen molar-refractivity contribution in [2.45, 2.75) is 25.7 Å². The zero-order valence-electron chi connectivity index (χ0n) is 12.1. The van der Waals surface area contributed by atoms with Gasteiger partial charge in [-0.1, -0.05) is 22.0 Å². The van der Waals surface area contributed by atoms with E-state index in [9.17, 15) is 8.42 Å². The Morgan fingerprint density at radius 3 is 2.43 bits per heavy atom. The smallest absolute Gasteiger partial charge is 0.262 e. The summed E-state index contributed by atoms with van der Waals surface area (Å²) in [6.07, 6.45) is 0. The maximum atomic E-state index is 12.6. The van der Waals surface area contributed by atoms with E-state index in [1.807, 2.05) is 26.0 Å². The van der Waals surface area contributed by atoms with Crippen molar-refractivity contribution in [3.63, 3.8) is 0 Å². The molecule has 2 aromatic rings. The van der Waals surface area contributed by atoms with Gasteiger partial charge in [0, 0.05) is 10.2 Å². The molecule has 0 spiro atoms. The average molecular weight is 369 g/mol. The van der Waals surface area contributed by atoms with E-state index in [-0.39, 0.29) is 4.90 Å². The lowest BCUT2D eigenvalue weighted by Crippen LogP contribution is -2.16. The molecule has 0 unspecified atom stereocenters. The number of rotatable bonds is 3. The highest BCUT2D eigenvalue weighted by atomic mass is 79.9. The van der Waals surface area contributed by atoms with Gasteiger partial charge < -0.3 is 5.73 Å². The summed E-state index contributed by atoms with van der Waals surface area (Å²) in [4.78, 5) is 0.208. The second kappa shape index (κ2) is 5.69. The molecule has 3 N–H and O–H groups in total. The van der Waals surface area contributed by atoms with Crippen LogP contribution in [0.2, 0.25) is 0 Å². The van der Waals surface area contributed by atoms with Crippen molar-refractivity contribution < 1.29 is 8.42 Å². The molecule has 0 radical (unpaired) electrons. The van der Waals surface area contributed by atoms with Crippen LogP contribution in [0.15, 0.2) is 39.7 Å². The molecule has 0 saturated heterocycles. The first-order valence-electron chi connectivity index (χ1n) is 6.36. The molecule has 0 saturated carbocycles. The van der Waals surface area contributed by atoms with Gasteiger partial charge in [0.1, 0.15) is 0 Å². The molecule has 0 atom stereocenters. The fourth-order valence-electron chi connectivity index (χ4n) is 2.04. The van der Waals surface area contributed by atoms with Crippen molar-refractivity contribution in [2.75, 3.05) is 10.5 Å². The number of benzene rings is 2. The van der Waals surface area contributed by atoms with Crippen LogP contribution in [0.3, 0.4) is 0 Å². The zero-order chi connectivity index (χ0) is 15.8. The Hall–Kier alpha value is -1.53. The number of nitrogen functional groups attached to an aromatic ring is 1. The summed E-state index contributed by atoms with van der Waals surface area (Å²) in [5.74, 6) is 0. The van der Waals surface area contributed by atoms with Crippen LogP contribution in [0.4, 0.5) is 11.4 Å². The van der Waals surface area contributed by atoms with Crippen molar-refractivity contribution in [1.82, 2.24) is 0 Å². The quantitative estimate of drug-likeness (QED) is 0.810. The van der Waals surface area contributed by atoms with Gasteiger partial charge in [-0.05, 0) is 61.7 Å². The third kappa shape index (κ3) is 3.39. The van der Waals surface area contributed by atoms with Gasteiger partial charge in [-0.15, -0.1) is 0 Å². The van der Waals surface area contributed by atoms with Crippen molar-refractivity contribution in [2.24, 2.45) is 0 Å². The molecule has 0 aliphatic heterocycles. The lowest BCUT2D eigenvalue weighted by atomic mass is 10.1. The molecule has 2 aromatic carbocycles. The molecule has 112 valence electrons. The summed E-state index contributed by atoms with van der Waals surface area (Å²) < 4.78 is 28.7. The highest BCUT2D eigenvalue weighted by Crippen LogP contribution is 2.27. The van der Waals surface area contributed by atoms with Crippen LogP contribution in [0, 0.1) is 20.8 Å². The maximum absolute atomic E-state index is 12.6. The summed E-state index contributed by atoms with van der Waals surface area (Å²) >= 11 is 3.34. The highest BCUT2D eigenvalue weighted by molar-refractivity contribution is 9.10. The number of sulfonamides is 1. The molecule has 6 heteroatoms. The molecule has 0 heterocycles. The van der Waals surface area contributed by atoms with Crippen LogP contribution >= 0.6 is 15.9 Å². The molecule has 0 amide bonds. The third-order valence-electron chi connectivity index (χ3n) is 3.28. The second-order valence-corrected chi connectivity index (χ2v) is 7.61. The van der Waals surface area contributed by atoms with Crippen molar-refractivity contribution in [1.29, 1.82) is 0 Å². The van der Waals surface area contributed by atoms with Crippen molar-refractivity contribution >= 4 is 37.3 Å². The van der Waals surface area contributed by atoms with Gasteiger partial charge in [0.25, 0.3) is 10.0 Å². The Balaban J connectivity index is 2.51. The number of hydrogen-bond acceptors (Lipinski definition) is 3. The fourth-order valence-corrected chi connectivity index (χ4v) is 3.88. The molecule has 0 aliphatic carbocycles. The van der Waals surface area contributed by atoms with Gasteiger partial charge in [0.2, 0.25) is 0 Å². The molecule has 0 aromatic heterocycles. The van der Waals surface area contributed by atoms with Crippen LogP contribution in [-0.4, -0.2) is 8.42 Å². The number of nitrogens with one attached hydrogen (secondary N) is 1. The predicted octanol–water partition coefficient (Wildman–Crippen LogP) is 3.76. The Bertz CT molecular complexity index is 802. The lowest BCUT2D eigenvalue weighted by molar-refractivity contribution is 0.600. The molecule has 0 fully saturated rings. The van der Waals surface area contributed by atoms with Gasteiger partial charge in [-0.2, -0.15) is 0 Å². The third-order valence-corrected chi connectivity index (χ3v) is 5.26. The minimum absolute atomic E-state index is 0.208. The van der Waals surface area contributed by atoms with E-state index in [2.05, 4.69) is 20.7 Å². The molecule has 0 bridgehead atoms. The number of halogens is 1. The van der Waals surface area contributed by atoms with Gasteiger partial charge in [0.05, 0.1) is 10.6 Å². The van der Waals surface area contributed by atoms with Crippen LogP contribution in [0.5, 0.6) is 0 Å². The molecule has 2 rings (SSSR count). The predicted molar refractivity (Wildman–Crippen MR) is 90.0 cm³/mol. The number of hydrogen-bond donors (Lipinski definition) is 2. The molecule has 0 aliphatic rings. The largest absolute Gasteiger partial charge is 0.398 e. The Kier molecular flexibility index (Phi) is 4.30.